The number of carbonyl (C=O) groups is 1. The molecule has 7 heteroatoms. The van der Waals surface area contributed by atoms with E-state index in [0.717, 1.165) is 30.2 Å². The number of halogens is 1. The molecular formula is C17H18FNO4S. The Balaban J connectivity index is 2.08. The van der Waals surface area contributed by atoms with E-state index < -0.39 is 26.7 Å². The lowest BCUT2D eigenvalue weighted by Crippen LogP contribution is -2.27. The van der Waals surface area contributed by atoms with Crippen molar-refractivity contribution in [3.63, 3.8) is 0 Å². The number of rotatable bonds is 7. The lowest BCUT2D eigenvalue weighted by molar-refractivity contribution is 0.0696. The first-order valence-electron chi connectivity index (χ1n) is 7.44. The number of benzene rings is 2. The predicted molar refractivity (Wildman–Crippen MR) is 88.1 cm³/mol. The summed E-state index contributed by atoms with van der Waals surface area (Å²) in [6.45, 7) is 2.13. The lowest BCUT2D eigenvalue weighted by atomic mass is 10.1. The maximum absolute atomic E-state index is 13.8. The fourth-order valence-electron chi connectivity index (χ4n) is 2.19. The van der Waals surface area contributed by atoms with Gasteiger partial charge in [-0.25, -0.2) is 22.3 Å². The van der Waals surface area contributed by atoms with Crippen LogP contribution in [0.15, 0.2) is 47.4 Å². The monoisotopic (exact) mass is 351 g/mol. The second kappa shape index (κ2) is 7.55. The van der Waals surface area contributed by atoms with E-state index in [2.05, 4.69) is 4.72 Å². The molecular weight excluding hydrogens is 333 g/mol. The first kappa shape index (κ1) is 18.1. The number of aromatic carboxylic acids is 1. The van der Waals surface area contributed by atoms with Crippen LogP contribution in [0.5, 0.6) is 0 Å². The van der Waals surface area contributed by atoms with E-state index in [-0.39, 0.29) is 12.1 Å². The summed E-state index contributed by atoms with van der Waals surface area (Å²) < 4.78 is 40.4. The van der Waals surface area contributed by atoms with E-state index in [9.17, 15) is 17.6 Å². The molecule has 0 aliphatic rings. The molecule has 0 fully saturated rings. The van der Waals surface area contributed by atoms with Gasteiger partial charge in [-0.1, -0.05) is 31.2 Å². The van der Waals surface area contributed by atoms with Gasteiger partial charge in [0.25, 0.3) is 0 Å². The third-order valence-corrected chi connectivity index (χ3v) is 5.08. The minimum Gasteiger partial charge on any atom is -0.478 e. The molecule has 0 amide bonds. The van der Waals surface area contributed by atoms with Gasteiger partial charge in [-0.05, 0) is 42.2 Å². The molecule has 0 aliphatic carbocycles. The Morgan fingerprint density at radius 1 is 1.12 bits per heavy atom. The molecule has 0 aromatic heterocycles. The topological polar surface area (TPSA) is 83.5 Å². The highest BCUT2D eigenvalue weighted by atomic mass is 32.2. The Morgan fingerprint density at radius 2 is 1.75 bits per heavy atom. The van der Waals surface area contributed by atoms with Gasteiger partial charge >= 0.3 is 5.97 Å². The Bertz CT molecular complexity index is 832. The zero-order valence-electron chi connectivity index (χ0n) is 13.1. The van der Waals surface area contributed by atoms with Crippen LogP contribution in [-0.4, -0.2) is 26.0 Å². The van der Waals surface area contributed by atoms with Crippen LogP contribution in [0.2, 0.25) is 0 Å². The molecule has 2 N–H and O–H groups in total. The average Bonchev–Trinajstić information content (AvgIpc) is 2.55. The van der Waals surface area contributed by atoms with E-state index in [0.29, 0.717) is 6.42 Å². The molecule has 0 atom stereocenters. The quantitative estimate of drug-likeness (QED) is 0.803. The van der Waals surface area contributed by atoms with Crippen molar-refractivity contribution in [2.75, 3.05) is 6.54 Å². The Hall–Kier alpha value is -2.25. The normalized spacial score (nSPS) is 11.4. The van der Waals surface area contributed by atoms with Crippen molar-refractivity contribution in [2.45, 2.75) is 24.7 Å². The molecule has 0 aliphatic heterocycles. The van der Waals surface area contributed by atoms with Crippen LogP contribution in [-0.2, 0) is 22.9 Å². The summed E-state index contributed by atoms with van der Waals surface area (Å²) in [5.74, 6) is -2.30. The fourth-order valence-corrected chi connectivity index (χ4v) is 3.32. The number of nitrogens with one attached hydrogen (secondary N) is 1. The summed E-state index contributed by atoms with van der Waals surface area (Å²) in [5, 5.41) is 8.90. The van der Waals surface area contributed by atoms with E-state index in [1.807, 2.05) is 31.2 Å². The summed E-state index contributed by atoms with van der Waals surface area (Å²) >= 11 is 0. The number of aryl methyl sites for hydroxylation is 1. The molecule has 0 saturated heterocycles. The second-order valence-electron chi connectivity index (χ2n) is 5.27. The molecule has 0 saturated carbocycles. The summed E-state index contributed by atoms with van der Waals surface area (Å²) in [6, 6.07) is 10.4. The number of carboxylic acids is 1. The molecule has 2 aromatic carbocycles. The number of hydrogen-bond acceptors (Lipinski definition) is 3. The van der Waals surface area contributed by atoms with Gasteiger partial charge in [0, 0.05) is 6.54 Å². The average molecular weight is 351 g/mol. The zero-order valence-corrected chi connectivity index (χ0v) is 13.9. The van der Waals surface area contributed by atoms with Crippen LogP contribution in [0.4, 0.5) is 4.39 Å². The van der Waals surface area contributed by atoms with Crippen molar-refractivity contribution in [3.05, 3.63) is 65.0 Å². The molecule has 0 heterocycles. The van der Waals surface area contributed by atoms with Crippen molar-refractivity contribution in [2.24, 2.45) is 0 Å². The van der Waals surface area contributed by atoms with Crippen molar-refractivity contribution in [1.82, 2.24) is 4.72 Å². The van der Waals surface area contributed by atoms with Crippen LogP contribution >= 0.6 is 0 Å². The van der Waals surface area contributed by atoms with E-state index in [4.69, 9.17) is 5.11 Å². The SMILES string of the molecule is CCc1ccc(CCNS(=O)(=O)c2cc(C(=O)O)ccc2F)cc1. The molecule has 5 nitrogen and oxygen atoms in total. The van der Waals surface area contributed by atoms with Crippen molar-refractivity contribution in [1.29, 1.82) is 0 Å². The smallest absolute Gasteiger partial charge is 0.335 e. The fraction of sp³-hybridized carbons (Fsp3) is 0.235. The molecule has 0 radical (unpaired) electrons. The van der Waals surface area contributed by atoms with Gasteiger partial charge in [-0.3, -0.25) is 0 Å². The molecule has 24 heavy (non-hydrogen) atoms. The Kier molecular flexibility index (Phi) is 5.69. The van der Waals surface area contributed by atoms with Crippen LogP contribution in [0.1, 0.15) is 28.4 Å². The molecule has 128 valence electrons. The van der Waals surface area contributed by atoms with Crippen molar-refractivity contribution in [3.8, 4) is 0 Å². The molecule has 0 bridgehead atoms. The van der Waals surface area contributed by atoms with Gasteiger partial charge < -0.3 is 5.11 Å². The summed E-state index contributed by atoms with van der Waals surface area (Å²) in [7, 11) is -4.12. The molecule has 2 aromatic rings. The summed E-state index contributed by atoms with van der Waals surface area (Å²) in [5.41, 5.74) is 1.86. The maximum atomic E-state index is 13.8. The number of sulfonamides is 1. The van der Waals surface area contributed by atoms with Gasteiger partial charge in [0.2, 0.25) is 10.0 Å². The van der Waals surface area contributed by atoms with E-state index in [1.165, 1.54) is 5.56 Å². The standard InChI is InChI=1S/C17H18FNO4S/c1-2-12-3-5-13(6-4-12)9-10-19-24(22,23)16-11-14(17(20)21)7-8-15(16)18/h3-8,11,19H,2,9-10H2,1H3,(H,20,21). The van der Waals surface area contributed by atoms with Gasteiger partial charge in [-0.15, -0.1) is 0 Å². The highest BCUT2D eigenvalue weighted by molar-refractivity contribution is 7.89. The largest absolute Gasteiger partial charge is 0.478 e. The third kappa shape index (κ3) is 4.39. The maximum Gasteiger partial charge on any atom is 0.335 e. The molecule has 2 rings (SSSR count). The minimum absolute atomic E-state index is 0.0878. The highest BCUT2D eigenvalue weighted by Crippen LogP contribution is 2.16. The molecule has 0 unspecified atom stereocenters. The van der Waals surface area contributed by atoms with Gasteiger partial charge in [0.05, 0.1) is 5.56 Å². The van der Waals surface area contributed by atoms with Gasteiger partial charge in [0.1, 0.15) is 10.7 Å². The van der Waals surface area contributed by atoms with Gasteiger partial charge in [-0.2, -0.15) is 0 Å². The van der Waals surface area contributed by atoms with Crippen LogP contribution in [0, 0.1) is 5.82 Å². The Labute approximate surface area is 140 Å². The minimum atomic E-state index is -4.12. The van der Waals surface area contributed by atoms with Crippen LogP contribution < -0.4 is 4.72 Å². The number of hydrogen-bond donors (Lipinski definition) is 2. The van der Waals surface area contributed by atoms with Crippen molar-refractivity contribution >= 4 is 16.0 Å². The Morgan fingerprint density at radius 3 is 2.33 bits per heavy atom. The van der Waals surface area contributed by atoms with E-state index >= 15 is 0 Å². The number of carboxylic acid groups (broad SMARTS) is 1. The first-order valence-corrected chi connectivity index (χ1v) is 8.92. The predicted octanol–water partition coefficient (Wildman–Crippen LogP) is 2.61. The lowest BCUT2D eigenvalue weighted by Gasteiger charge is -2.09. The van der Waals surface area contributed by atoms with Crippen LogP contribution in [0.3, 0.4) is 0 Å². The highest BCUT2D eigenvalue weighted by Gasteiger charge is 2.20. The first-order chi connectivity index (χ1) is 11.3. The second-order valence-corrected chi connectivity index (χ2v) is 7.00. The third-order valence-electron chi connectivity index (χ3n) is 3.60. The van der Waals surface area contributed by atoms with Crippen molar-refractivity contribution < 1.29 is 22.7 Å². The molecule has 0 spiro atoms. The zero-order chi connectivity index (χ0) is 17.7. The summed E-state index contributed by atoms with van der Waals surface area (Å²) in [6.07, 6.45) is 1.37. The van der Waals surface area contributed by atoms with E-state index in [1.54, 1.807) is 0 Å². The van der Waals surface area contributed by atoms with Crippen LogP contribution in [0.25, 0.3) is 0 Å². The van der Waals surface area contributed by atoms with Gasteiger partial charge in [0.15, 0.2) is 0 Å². The summed E-state index contributed by atoms with van der Waals surface area (Å²) in [4.78, 5) is 10.2.